The molecule has 0 heterocycles. The third kappa shape index (κ3) is 3.17. The van der Waals surface area contributed by atoms with Crippen molar-refractivity contribution in [1.29, 1.82) is 0 Å². The average Bonchev–Trinajstić information content (AvgIpc) is 2.22. The molecule has 4 heteroatoms. The van der Waals surface area contributed by atoms with Gasteiger partial charge in [0, 0.05) is 5.56 Å². The van der Waals surface area contributed by atoms with E-state index in [1.807, 2.05) is 0 Å². The van der Waals surface area contributed by atoms with Crippen molar-refractivity contribution < 1.29 is 13.2 Å². The second-order valence-electron chi connectivity index (χ2n) is 6.18. The zero-order valence-corrected chi connectivity index (χ0v) is 13.0. The summed E-state index contributed by atoms with van der Waals surface area (Å²) in [6.07, 6.45) is 0. The van der Waals surface area contributed by atoms with Crippen LogP contribution in [0.25, 0.3) is 0 Å². The Hall–Kier alpha value is -0.743. The van der Waals surface area contributed by atoms with Crippen LogP contribution in [0.5, 0.6) is 0 Å². The number of rotatable bonds is 3. The molecule has 0 aliphatic heterocycles. The maximum atomic E-state index is 13.7. The van der Waals surface area contributed by atoms with Crippen LogP contribution in [0.4, 0.5) is 8.78 Å². The first kappa shape index (κ1) is 15.3. The van der Waals surface area contributed by atoms with E-state index in [1.165, 1.54) is 0 Å². The summed E-state index contributed by atoms with van der Waals surface area (Å²) in [6.45, 7) is 12.3. The highest BCUT2D eigenvalue weighted by molar-refractivity contribution is 6.74. The van der Waals surface area contributed by atoms with E-state index in [0.29, 0.717) is 11.1 Å². The van der Waals surface area contributed by atoms with Gasteiger partial charge in [0.25, 0.3) is 0 Å². The fourth-order valence-electron chi connectivity index (χ4n) is 1.34. The second kappa shape index (κ2) is 5.09. The van der Waals surface area contributed by atoms with E-state index in [0.717, 1.165) is 12.1 Å². The van der Waals surface area contributed by atoms with Gasteiger partial charge in [-0.2, -0.15) is 0 Å². The molecule has 1 rings (SSSR count). The van der Waals surface area contributed by atoms with Gasteiger partial charge in [-0.3, -0.25) is 0 Å². The summed E-state index contributed by atoms with van der Waals surface area (Å²) < 4.78 is 33.0. The number of hydrogen-bond donors (Lipinski definition) is 0. The number of benzene rings is 1. The third-order valence-corrected chi connectivity index (χ3v) is 8.34. The summed E-state index contributed by atoms with van der Waals surface area (Å²) in [4.78, 5) is 0. The molecule has 0 aliphatic rings. The van der Waals surface area contributed by atoms with E-state index in [-0.39, 0.29) is 17.5 Å². The van der Waals surface area contributed by atoms with Crippen LogP contribution < -0.4 is 0 Å². The maximum Gasteiger partial charge on any atom is 0.192 e. The highest BCUT2D eigenvalue weighted by Gasteiger charge is 2.37. The van der Waals surface area contributed by atoms with Crippen molar-refractivity contribution in [1.82, 2.24) is 0 Å². The lowest BCUT2D eigenvalue weighted by atomic mass is 10.1. The molecule has 0 saturated carbocycles. The van der Waals surface area contributed by atoms with Crippen molar-refractivity contribution >= 4 is 8.32 Å². The lowest BCUT2D eigenvalue weighted by Crippen LogP contribution is -2.40. The topological polar surface area (TPSA) is 9.23 Å². The molecule has 102 valence electrons. The fourth-order valence-corrected chi connectivity index (χ4v) is 2.28. The zero-order chi connectivity index (χ0) is 14.1. The smallest absolute Gasteiger partial charge is 0.192 e. The van der Waals surface area contributed by atoms with Gasteiger partial charge in [0.1, 0.15) is 11.6 Å². The molecule has 18 heavy (non-hydrogen) atoms. The standard InChI is InChI=1S/C14H22F2OSi/c1-10-11(13(16)8-7-12(10)15)9-17-18(5,6)14(2,3)4/h7-8H,9H2,1-6H3. The Morgan fingerprint density at radius 2 is 1.61 bits per heavy atom. The highest BCUT2D eigenvalue weighted by atomic mass is 28.4. The van der Waals surface area contributed by atoms with E-state index in [2.05, 4.69) is 33.9 Å². The zero-order valence-electron chi connectivity index (χ0n) is 12.0. The van der Waals surface area contributed by atoms with Gasteiger partial charge in [-0.25, -0.2) is 8.78 Å². The summed E-state index contributed by atoms with van der Waals surface area (Å²) in [7, 11) is -1.94. The van der Waals surface area contributed by atoms with Crippen LogP contribution in [0, 0.1) is 18.6 Å². The molecule has 0 aliphatic carbocycles. The first-order chi connectivity index (χ1) is 8.06. The monoisotopic (exact) mass is 272 g/mol. The Kier molecular flexibility index (Phi) is 4.33. The molecule has 0 N–H and O–H groups in total. The van der Waals surface area contributed by atoms with Gasteiger partial charge >= 0.3 is 0 Å². The normalized spacial score (nSPS) is 12.9. The molecular formula is C14H22F2OSi. The first-order valence-electron chi connectivity index (χ1n) is 6.14. The van der Waals surface area contributed by atoms with E-state index in [9.17, 15) is 8.78 Å². The lowest BCUT2D eigenvalue weighted by Gasteiger charge is -2.36. The molecule has 0 fully saturated rings. The fraction of sp³-hybridized carbons (Fsp3) is 0.571. The van der Waals surface area contributed by atoms with Crippen LogP contribution in [0.1, 0.15) is 31.9 Å². The van der Waals surface area contributed by atoms with Gasteiger partial charge in [-0.05, 0) is 42.8 Å². The van der Waals surface area contributed by atoms with Crippen LogP contribution in [-0.4, -0.2) is 8.32 Å². The summed E-state index contributed by atoms with van der Waals surface area (Å²) >= 11 is 0. The third-order valence-electron chi connectivity index (χ3n) is 3.86. The molecular weight excluding hydrogens is 250 g/mol. The second-order valence-corrected chi connectivity index (χ2v) is 11.0. The minimum absolute atomic E-state index is 0.0602. The Balaban J connectivity index is 2.91. The number of halogens is 2. The Bertz CT molecular complexity index is 436. The summed E-state index contributed by atoms with van der Waals surface area (Å²) in [5.41, 5.74) is 0.675. The van der Waals surface area contributed by atoms with E-state index < -0.39 is 14.1 Å². The van der Waals surface area contributed by atoms with E-state index >= 15 is 0 Å². The minimum Gasteiger partial charge on any atom is -0.412 e. The summed E-state index contributed by atoms with van der Waals surface area (Å²) in [5, 5.41) is 0.0602. The van der Waals surface area contributed by atoms with Gasteiger partial charge in [0.2, 0.25) is 0 Å². The van der Waals surface area contributed by atoms with Crippen LogP contribution in [0.3, 0.4) is 0 Å². The van der Waals surface area contributed by atoms with Crippen molar-refractivity contribution in [2.45, 2.75) is 52.4 Å². The van der Waals surface area contributed by atoms with Gasteiger partial charge in [0.05, 0.1) is 6.61 Å². The molecule has 0 aromatic heterocycles. The molecule has 0 atom stereocenters. The molecule has 0 amide bonds. The van der Waals surface area contributed by atoms with E-state index in [4.69, 9.17) is 4.43 Å². The largest absolute Gasteiger partial charge is 0.412 e. The molecule has 1 aromatic carbocycles. The van der Waals surface area contributed by atoms with Crippen molar-refractivity contribution in [3.63, 3.8) is 0 Å². The van der Waals surface area contributed by atoms with Crippen LogP contribution in [0.2, 0.25) is 18.1 Å². The van der Waals surface area contributed by atoms with Crippen LogP contribution in [0.15, 0.2) is 12.1 Å². The van der Waals surface area contributed by atoms with Gasteiger partial charge in [-0.1, -0.05) is 20.8 Å². The van der Waals surface area contributed by atoms with Crippen LogP contribution in [-0.2, 0) is 11.0 Å². The first-order valence-corrected chi connectivity index (χ1v) is 9.04. The highest BCUT2D eigenvalue weighted by Crippen LogP contribution is 2.37. The van der Waals surface area contributed by atoms with Gasteiger partial charge < -0.3 is 4.43 Å². The Morgan fingerprint density at radius 1 is 1.11 bits per heavy atom. The molecule has 1 nitrogen and oxygen atoms in total. The quantitative estimate of drug-likeness (QED) is 0.718. The van der Waals surface area contributed by atoms with Crippen molar-refractivity contribution in [2.24, 2.45) is 0 Å². The van der Waals surface area contributed by atoms with Gasteiger partial charge in [-0.15, -0.1) is 0 Å². The molecule has 0 radical (unpaired) electrons. The molecule has 1 aromatic rings. The molecule has 0 unspecified atom stereocenters. The molecule has 0 saturated heterocycles. The van der Waals surface area contributed by atoms with Gasteiger partial charge in [0.15, 0.2) is 8.32 Å². The Labute approximate surface area is 109 Å². The SMILES string of the molecule is Cc1c(F)ccc(F)c1CO[Si](C)(C)C(C)(C)C. The maximum absolute atomic E-state index is 13.7. The predicted molar refractivity (Wildman–Crippen MR) is 73.1 cm³/mol. The van der Waals surface area contributed by atoms with Crippen molar-refractivity contribution in [2.75, 3.05) is 0 Å². The summed E-state index contributed by atoms with van der Waals surface area (Å²) in [5.74, 6) is -0.780. The lowest BCUT2D eigenvalue weighted by molar-refractivity contribution is 0.269. The minimum atomic E-state index is -1.94. The number of hydrogen-bond acceptors (Lipinski definition) is 1. The van der Waals surface area contributed by atoms with Crippen molar-refractivity contribution in [3.05, 3.63) is 34.9 Å². The average molecular weight is 272 g/mol. The Morgan fingerprint density at radius 3 is 2.11 bits per heavy atom. The molecule has 0 spiro atoms. The predicted octanol–water partition coefficient (Wildman–Crippen LogP) is 4.80. The summed E-state index contributed by atoms with van der Waals surface area (Å²) in [6, 6.07) is 2.31. The van der Waals surface area contributed by atoms with Crippen molar-refractivity contribution in [3.8, 4) is 0 Å². The molecule has 0 bridgehead atoms. The van der Waals surface area contributed by atoms with E-state index in [1.54, 1.807) is 6.92 Å². The van der Waals surface area contributed by atoms with Crippen LogP contribution >= 0.6 is 0 Å².